The predicted molar refractivity (Wildman–Crippen MR) is 91.3 cm³/mol. The Morgan fingerprint density at radius 3 is 2.92 bits per heavy atom. The Hall–Kier alpha value is -3.27. The monoisotopic (exact) mass is 358 g/mol. The number of benzene rings is 1. The highest BCUT2D eigenvalue weighted by molar-refractivity contribution is 6.09. The average Bonchev–Trinajstić information content (AvgIpc) is 3.01. The molecule has 1 aliphatic heterocycles. The summed E-state index contributed by atoms with van der Waals surface area (Å²) in [6.07, 6.45) is 0.162. The molecule has 26 heavy (non-hydrogen) atoms. The fraction of sp³-hybridized carbons (Fsp3) is 0.312. The molecule has 136 valence electrons. The van der Waals surface area contributed by atoms with Gasteiger partial charge in [-0.2, -0.15) is 4.98 Å². The lowest BCUT2D eigenvalue weighted by Crippen LogP contribution is -2.41. The largest absolute Gasteiger partial charge is 0.377 e. The van der Waals surface area contributed by atoms with Crippen LogP contribution in [0.4, 0.5) is 11.6 Å². The van der Waals surface area contributed by atoms with Crippen molar-refractivity contribution < 1.29 is 19.1 Å². The standard InChI is InChI=1S/C16H18N6O4/c1-26-8-12-19-16(22-21-12)20-13(23)7-6-11-15(25)17-10-5-3-2-4-9(10)14(24)18-11/h2-5,11H,6-8H2,1H3,(H,17,25)(H,18,24)(H2,19,20,21,22,23)/t11-/m0/s1. The van der Waals surface area contributed by atoms with E-state index in [-0.39, 0.29) is 43.1 Å². The highest BCUT2D eigenvalue weighted by atomic mass is 16.5. The van der Waals surface area contributed by atoms with Crippen LogP contribution >= 0.6 is 0 Å². The number of nitrogens with one attached hydrogen (secondary N) is 4. The number of para-hydroxylation sites is 1. The van der Waals surface area contributed by atoms with Crippen molar-refractivity contribution in [3.8, 4) is 0 Å². The molecular weight excluding hydrogens is 340 g/mol. The lowest BCUT2D eigenvalue weighted by Gasteiger charge is -2.13. The Bertz CT molecular complexity index is 834. The number of hydrogen-bond acceptors (Lipinski definition) is 6. The number of anilines is 2. The summed E-state index contributed by atoms with van der Waals surface area (Å²) < 4.78 is 4.90. The predicted octanol–water partition coefficient (Wildman–Crippen LogP) is 0.420. The van der Waals surface area contributed by atoms with Gasteiger partial charge in [-0.1, -0.05) is 12.1 Å². The summed E-state index contributed by atoms with van der Waals surface area (Å²) in [5, 5.41) is 14.3. The van der Waals surface area contributed by atoms with Crippen LogP contribution in [0.1, 0.15) is 29.0 Å². The third-order valence-corrected chi connectivity index (χ3v) is 3.78. The molecule has 3 rings (SSSR count). The zero-order valence-electron chi connectivity index (χ0n) is 14.0. The molecule has 1 aromatic carbocycles. The van der Waals surface area contributed by atoms with E-state index in [9.17, 15) is 14.4 Å². The number of amides is 3. The van der Waals surface area contributed by atoms with Gasteiger partial charge in [0.25, 0.3) is 5.91 Å². The number of aromatic amines is 1. The van der Waals surface area contributed by atoms with Crippen molar-refractivity contribution in [1.82, 2.24) is 20.5 Å². The summed E-state index contributed by atoms with van der Waals surface area (Å²) in [5.41, 5.74) is 0.840. The maximum absolute atomic E-state index is 12.3. The SMILES string of the molecule is COCc1nc(NC(=O)CC[C@@H]2NC(=O)c3ccccc3NC2=O)n[nH]1. The minimum atomic E-state index is -0.808. The average molecular weight is 358 g/mol. The normalized spacial score (nSPS) is 16.3. The van der Waals surface area contributed by atoms with Crippen LogP contribution in [0.15, 0.2) is 24.3 Å². The minimum Gasteiger partial charge on any atom is -0.377 e. The zero-order chi connectivity index (χ0) is 18.5. The molecule has 0 spiro atoms. The second kappa shape index (κ2) is 7.74. The second-order valence-electron chi connectivity index (χ2n) is 5.69. The Kier molecular flexibility index (Phi) is 5.23. The van der Waals surface area contributed by atoms with E-state index in [1.54, 1.807) is 24.3 Å². The second-order valence-corrected chi connectivity index (χ2v) is 5.69. The Morgan fingerprint density at radius 2 is 2.12 bits per heavy atom. The lowest BCUT2D eigenvalue weighted by molar-refractivity contribution is -0.118. The van der Waals surface area contributed by atoms with E-state index in [1.165, 1.54) is 7.11 Å². The van der Waals surface area contributed by atoms with E-state index in [4.69, 9.17) is 4.74 Å². The first-order valence-corrected chi connectivity index (χ1v) is 7.97. The fourth-order valence-electron chi connectivity index (χ4n) is 2.53. The van der Waals surface area contributed by atoms with Crippen LogP contribution in [0.5, 0.6) is 0 Å². The zero-order valence-corrected chi connectivity index (χ0v) is 14.0. The van der Waals surface area contributed by atoms with Gasteiger partial charge in [0.2, 0.25) is 17.8 Å². The third-order valence-electron chi connectivity index (χ3n) is 3.78. The molecule has 0 radical (unpaired) electrons. The van der Waals surface area contributed by atoms with Crippen LogP contribution in [0.3, 0.4) is 0 Å². The molecule has 0 aliphatic carbocycles. The van der Waals surface area contributed by atoms with E-state index >= 15 is 0 Å². The van der Waals surface area contributed by atoms with Gasteiger partial charge in [0.05, 0.1) is 11.3 Å². The summed E-state index contributed by atoms with van der Waals surface area (Å²) in [7, 11) is 1.52. The van der Waals surface area contributed by atoms with Crippen molar-refractivity contribution >= 4 is 29.4 Å². The van der Waals surface area contributed by atoms with Crippen LogP contribution in [-0.2, 0) is 20.9 Å². The molecule has 1 aliphatic rings. The Morgan fingerprint density at radius 1 is 1.31 bits per heavy atom. The number of aromatic nitrogens is 3. The summed E-state index contributed by atoms with van der Waals surface area (Å²) in [6, 6.07) is 5.92. The van der Waals surface area contributed by atoms with Crippen LogP contribution in [0, 0.1) is 0 Å². The molecule has 10 nitrogen and oxygen atoms in total. The highest BCUT2D eigenvalue weighted by Crippen LogP contribution is 2.19. The van der Waals surface area contributed by atoms with Gasteiger partial charge in [0, 0.05) is 13.5 Å². The molecule has 0 unspecified atom stereocenters. The van der Waals surface area contributed by atoms with Crippen molar-refractivity contribution in [3.05, 3.63) is 35.7 Å². The van der Waals surface area contributed by atoms with Gasteiger partial charge in [0.1, 0.15) is 12.6 Å². The number of hydrogen-bond donors (Lipinski definition) is 4. The van der Waals surface area contributed by atoms with Crippen molar-refractivity contribution in [2.24, 2.45) is 0 Å². The van der Waals surface area contributed by atoms with Crippen molar-refractivity contribution in [2.75, 3.05) is 17.7 Å². The number of carbonyl (C=O) groups is 3. The molecule has 10 heteroatoms. The van der Waals surface area contributed by atoms with E-state index in [2.05, 4.69) is 31.1 Å². The molecule has 4 N–H and O–H groups in total. The molecule has 1 aromatic heterocycles. The van der Waals surface area contributed by atoms with Gasteiger partial charge in [-0.25, -0.2) is 0 Å². The number of rotatable bonds is 6. The topological polar surface area (TPSA) is 138 Å². The van der Waals surface area contributed by atoms with E-state index in [0.29, 0.717) is 17.1 Å². The van der Waals surface area contributed by atoms with Crippen molar-refractivity contribution in [2.45, 2.75) is 25.5 Å². The van der Waals surface area contributed by atoms with E-state index in [1.807, 2.05) is 0 Å². The Labute approximate surface area is 148 Å². The summed E-state index contributed by atoms with van der Waals surface area (Å²) in [5.74, 6) is -0.476. The maximum Gasteiger partial charge on any atom is 0.254 e. The third kappa shape index (κ3) is 4.03. The number of H-pyrrole nitrogens is 1. The van der Waals surface area contributed by atoms with Crippen LogP contribution < -0.4 is 16.0 Å². The fourth-order valence-corrected chi connectivity index (χ4v) is 2.53. The molecule has 0 fully saturated rings. The van der Waals surface area contributed by atoms with Crippen LogP contribution in [0.2, 0.25) is 0 Å². The first-order valence-electron chi connectivity index (χ1n) is 7.97. The first kappa shape index (κ1) is 17.5. The summed E-state index contributed by atoms with van der Waals surface area (Å²) >= 11 is 0. The molecule has 0 bridgehead atoms. The number of nitrogens with zero attached hydrogens (tertiary/aromatic N) is 2. The summed E-state index contributed by atoms with van der Waals surface area (Å²) in [4.78, 5) is 40.6. The number of methoxy groups -OCH3 is 1. The molecule has 3 amide bonds. The molecular formula is C16H18N6O4. The highest BCUT2D eigenvalue weighted by Gasteiger charge is 2.27. The van der Waals surface area contributed by atoms with Gasteiger partial charge >= 0.3 is 0 Å². The maximum atomic E-state index is 12.3. The van der Waals surface area contributed by atoms with Gasteiger partial charge in [-0.05, 0) is 18.6 Å². The van der Waals surface area contributed by atoms with Gasteiger partial charge in [-0.3, -0.25) is 24.8 Å². The lowest BCUT2D eigenvalue weighted by atomic mass is 10.1. The molecule has 2 heterocycles. The quantitative estimate of drug-likeness (QED) is 0.590. The van der Waals surface area contributed by atoms with Gasteiger partial charge < -0.3 is 15.4 Å². The van der Waals surface area contributed by atoms with Gasteiger partial charge in [-0.15, -0.1) is 5.10 Å². The number of carbonyl (C=O) groups excluding carboxylic acids is 3. The minimum absolute atomic E-state index is 0.0167. The molecule has 2 aromatic rings. The number of ether oxygens (including phenoxy) is 1. The van der Waals surface area contributed by atoms with Crippen molar-refractivity contribution in [3.63, 3.8) is 0 Å². The van der Waals surface area contributed by atoms with E-state index in [0.717, 1.165) is 0 Å². The Balaban J connectivity index is 1.56. The summed E-state index contributed by atoms with van der Waals surface area (Å²) in [6.45, 7) is 0.248. The van der Waals surface area contributed by atoms with Crippen LogP contribution in [-0.4, -0.2) is 46.1 Å². The smallest absolute Gasteiger partial charge is 0.254 e. The van der Waals surface area contributed by atoms with Gasteiger partial charge in [0.15, 0.2) is 5.82 Å². The van der Waals surface area contributed by atoms with Crippen molar-refractivity contribution in [1.29, 1.82) is 0 Å². The molecule has 0 saturated carbocycles. The van der Waals surface area contributed by atoms with Crippen LogP contribution in [0.25, 0.3) is 0 Å². The number of fused-ring (bicyclic) bond motifs is 1. The molecule has 1 atom stereocenters. The first-order chi connectivity index (χ1) is 12.6. The van der Waals surface area contributed by atoms with E-state index < -0.39 is 6.04 Å². The molecule has 0 saturated heterocycles.